The van der Waals surface area contributed by atoms with Crippen LogP contribution in [0.25, 0.3) is 0 Å². The van der Waals surface area contributed by atoms with Gasteiger partial charge in [-0.3, -0.25) is 0 Å². The number of halogens is 1. The number of fused-ring (bicyclic) bond motifs is 1. The predicted octanol–water partition coefficient (Wildman–Crippen LogP) is 2.21. The van der Waals surface area contributed by atoms with E-state index < -0.39 is 21.5 Å². The molecule has 0 bridgehead atoms. The van der Waals surface area contributed by atoms with Gasteiger partial charge in [-0.05, 0) is 12.1 Å². The maximum Gasteiger partial charge on any atom is 0.150 e. The van der Waals surface area contributed by atoms with Gasteiger partial charge in [-0.1, -0.05) is 22.0 Å². The van der Waals surface area contributed by atoms with E-state index in [2.05, 4.69) is 15.9 Å². The van der Waals surface area contributed by atoms with Gasteiger partial charge in [0.05, 0.1) is 17.6 Å². The van der Waals surface area contributed by atoms with Crippen LogP contribution in [-0.2, 0) is 9.84 Å². The molecule has 1 atom stereocenters. The van der Waals surface area contributed by atoms with Gasteiger partial charge in [0, 0.05) is 29.3 Å². The molecule has 1 N–H and O–H groups in total. The van der Waals surface area contributed by atoms with Gasteiger partial charge >= 0.3 is 0 Å². The van der Waals surface area contributed by atoms with Crippen LogP contribution >= 0.6 is 15.9 Å². The number of rotatable bonds is 0. The molecule has 0 amide bonds. The summed E-state index contributed by atoms with van der Waals surface area (Å²) in [5, 5.41) is 10.3. The monoisotopic (exact) mass is 346 g/mol. The molecule has 2 aliphatic heterocycles. The third-order valence-corrected chi connectivity index (χ3v) is 6.11. The number of hydrogen-bond acceptors (Lipinski definition) is 4. The Morgan fingerprint density at radius 3 is 2.68 bits per heavy atom. The first-order valence-electron chi connectivity index (χ1n) is 6.26. The van der Waals surface area contributed by atoms with Crippen LogP contribution < -0.4 is 4.74 Å². The van der Waals surface area contributed by atoms with Crippen molar-refractivity contribution in [2.75, 3.05) is 11.5 Å². The predicted molar refractivity (Wildman–Crippen MR) is 75.0 cm³/mol. The lowest BCUT2D eigenvalue weighted by molar-refractivity contribution is -0.0208. The van der Waals surface area contributed by atoms with E-state index in [1.165, 1.54) is 0 Å². The molecule has 6 heteroatoms. The molecule has 1 spiro atoms. The van der Waals surface area contributed by atoms with Crippen LogP contribution in [0.4, 0.5) is 0 Å². The fourth-order valence-electron chi connectivity index (χ4n) is 2.83. The molecule has 1 saturated heterocycles. The molecule has 2 aliphatic rings. The Bertz CT molecular complexity index is 597. The number of benzene rings is 1. The number of hydrogen-bond donors (Lipinski definition) is 1. The van der Waals surface area contributed by atoms with Gasteiger partial charge in [0.25, 0.3) is 0 Å². The molecule has 4 nitrogen and oxygen atoms in total. The van der Waals surface area contributed by atoms with Crippen LogP contribution in [0.15, 0.2) is 22.7 Å². The molecule has 0 saturated carbocycles. The van der Waals surface area contributed by atoms with Crippen LogP contribution in [0.5, 0.6) is 5.75 Å². The molecule has 1 fully saturated rings. The highest BCUT2D eigenvalue weighted by Gasteiger charge is 2.44. The molecule has 104 valence electrons. The average molecular weight is 347 g/mol. The molecule has 3 rings (SSSR count). The summed E-state index contributed by atoms with van der Waals surface area (Å²) in [5.74, 6) is 0.943. The van der Waals surface area contributed by atoms with Crippen LogP contribution in [0.1, 0.15) is 30.9 Å². The smallest absolute Gasteiger partial charge is 0.150 e. The SMILES string of the molecule is O=S1(=O)CCC2(CC1)C[C@H](O)c1ccc(Br)cc1O2. The lowest BCUT2D eigenvalue weighted by atomic mass is 9.84. The van der Waals surface area contributed by atoms with Crippen molar-refractivity contribution in [2.24, 2.45) is 0 Å². The zero-order valence-electron chi connectivity index (χ0n) is 10.3. The summed E-state index contributed by atoms with van der Waals surface area (Å²) >= 11 is 3.38. The van der Waals surface area contributed by atoms with Crippen LogP contribution in [0.3, 0.4) is 0 Å². The van der Waals surface area contributed by atoms with Gasteiger partial charge in [0.2, 0.25) is 0 Å². The lowest BCUT2D eigenvalue weighted by Crippen LogP contribution is -2.47. The Morgan fingerprint density at radius 1 is 1.32 bits per heavy atom. The molecule has 19 heavy (non-hydrogen) atoms. The summed E-state index contributed by atoms with van der Waals surface area (Å²) in [6.07, 6.45) is 0.797. The van der Waals surface area contributed by atoms with E-state index in [1.54, 1.807) is 0 Å². The van der Waals surface area contributed by atoms with E-state index >= 15 is 0 Å². The van der Waals surface area contributed by atoms with Crippen LogP contribution in [0.2, 0.25) is 0 Å². The van der Waals surface area contributed by atoms with E-state index in [0.29, 0.717) is 25.0 Å². The highest BCUT2D eigenvalue weighted by molar-refractivity contribution is 9.10. The molecule has 0 radical (unpaired) electrons. The Morgan fingerprint density at radius 2 is 2.00 bits per heavy atom. The fraction of sp³-hybridized carbons (Fsp3) is 0.538. The van der Waals surface area contributed by atoms with Crippen molar-refractivity contribution in [2.45, 2.75) is 31.0 Å². The van der Waals surface area contributed by atoms with Crippen LogP contribution in [0, 0.1) is 0 Å². The van der Waals surface area contributed by atoms with E-state index in [9.17, 15) is 13.5 Å². The minimum Gasteiger partial charge on any atom is -0.487 e. The summed E-state index contributed by atoms with van der Waals surface area (Å²) in [7, 11) is -2.93. The standard InChI is InChI=1S/C13H15BrO4S/c14-9-1-2-10-11(15)8-13(18-12(10)7-9)3-5-19(16,17)6-4-13/h1-2,7,11,15H,3-6,8H2/t11-/m0/s1. The van der Waals surface area contributed by atoms with E-state index in [0.717, 1.165) is 10.0 Å². The van der Waals surface area contributed by atoms with Crippen LogP contribution in [-0.4, -0.2) is 30.6 Å². The molecule has 1 aromatic rings. The minimum absolute atomic E-state index is 0.142. The Labute approximate surface area is 120 Å². The van der Waals surface area contributed by atoms with E-state index in [1.807, 2.05) is 18.2 Å². The maximum absolute atomic E-state index is 11.5. The third kappa shape index (κ3) is 2.53. The molecular weight excluding hydrogens is 332 g/mol. The lowest BCUT2D eigenvalue weighted by Gasteiger charge is -2.43. The van der Waals surface area contributed by atoms with Gasteiger partial charge < -0.3 is 9.84 Å². The van der Waals surface area contributed by atoms with Crippen molar-refractivity contribution in [3.8, 4) is 5.75 Å². The van der Waals surface area contributed by atoms with E-state index in [-0.39, 0.29) is 11.5 Å². The van der Waals surface area contributed by atoms with Gasteiger partial charge in [-0.15, -0.1) is 0 Å². The van der Waals surface area contributed by atoms with Crippen molar-refractivity contribution >= 4 is 25.8 Å². The largest absolute Gasteiger partial charge is 0.487 e. The van der Waals surface area contributed by atoms with Crippen molar-refractivity contribution in [1.29, 1.82) is 0 Å². The Balaban J connectivity index is 1.92. The van der Waals surface area contributed by atoms with Crippen molar-refractivity contribution in [1.82, 2.24) is 0 Å². The molecular formula is C13H15BrO4S. The second-order valence-corrected chi connectivity index (χ2v) is 8.56. The van der Waals surface area contributed by atoms with Gasteiger partial charge in [0.15, 0.2) is 9.84 Å². The zero-order valence-corrected chi connectivity index (χ0v) is 12.7. The topological polar surface area (TPSA) is 63.6 Å². The second kappa shape index (κ2) is 4.46. The number of aliphatic hydroxyl groups excluding tert-OH is 1. The highest BCUT2D eigenvalue weighted by Crippen LogP contribution is 2.45. The molecule has 0 aliphatic carbocycles. The summed E-state index contributed by atoms with van der Waals surface area (Å²) in [4.78, 5) is 0. The third-order valence-electron chi connectivity index (χ3n) is 3.96. The zero-order chi connectivity index (χ0) is 13.7. The quantitative estimate of drug-likeness (QED) is 0.782. The maximum atomic E-state index is 11.5. The molecule has 2 heterocycles. The normalized spacial score (nSPS) is 27.6. The van der Waals surface area contributed by atoms with Gasteiger partial charge in [-0.2, -0.15) is 0 Å². The van der Waals surface area contributed by atoms with Crippen molar-refractivity contribution in [3.63, 3.8) is 0 Å². The Kier molecular flexibility index (Phi) is 3.15. The molecule has 1 aromatic carbocycles. The summed E-state index contributed by atoms with van der Waals surface area (Å²) in [6, 6.07) is 5.55. The highest BCUT2D eigenvalue weighted by atomic mass is 79.9. The number of ether oxygens (including phenoxy) is 1. The fourth-order valence-corrected chi connectivity index (χ4v) is 4.74. The summed E-state index contributed by atoms with van der Waals surface area (Å²) in [6.45, 7) is 0. The van der Waals surface area contributed by atoms with Gasteiger partial charge in [0.1, 0.15) is 11.4 Å². The first kappa shape index (κ1) is 13.4. The molecule has 0 unspecified atom stereocenters. The minimum atomic E-state index is -2.93. The van der Waals surface area contributed by atoms with Gasteiger partial charge in [-0.25, -0.2) is 8.42 Å². The number of sulfone groups is 1. The molecule has 0 aromatic heterocycles. The number of aliphatic hydroxyl groups is 1. The first-order valence-corrected chi connectivity index (χ1v) is 8.88. The van der Waals surface area contributed by atoms with E-state index in [4.69, 9.17) is 4.74 Å². The summed E-state index contributed by atoms with van der Waals surface area (Å²) in [5.41, 5.74) is 0.251. The first-order chi connectivity index (χ1) is 8.89. The summed E-state index contributed by atoms with van der Waals surface area (Å²) < 4.78 is 30.0. The van der Waals surface area contributed by atoms with Crippen molar-refractivity contribution < 1.29 is 18.3 Å². The van der Waals surface area contributed by atoms with Crippen molar-refractivity contribution in [3.05, 3.63) is 28.2 Å². The second-order valence-electron chi connectivity index (χ2n) is 5.34. The Hall–Kier alpha value is -0.590. The average Bonchev–Trinajstić information content (AvgIpc) is 2.33.